The lowest BCUT2D eigenvalue weighted by atomic mass is 9.80. The maximum Gasteiger partial charge on any atom is 0.241 e. The van der Waals surface area contributed by atoms with Crippen LogP contribution in [0.3, 0.4) is 0 Å². The van der Waals surface area contributed by atoms with Gasteiger partial charge < -0.3 is 37.2 Å². The van der Waals surface area contributed by atoms with Gasteiger partial charge in [-0.25, -0.2) is 4.39 Å². The van der Waals surface area contributed by atoms with E-state index in [-0.39, 0.29) is 30.3 Å². The molecule has 4 rings (SSSR count). The van der Waals surface area contributed by atoms with Crippen molar-refractivity contribution in [2.24, 2.45) is 29.2 Å². The highest BCUT2D eigenvalue weighted by molar-refractivity contribution is 5.82. The molecule has 222 valence electrons. The summed E-state index contributed by atoms with van der Waals surface area (Å²) in [5, 5.41) is 10.3. The fraction of sp³-hybridized carbons (Fsp3) is 0.862. The first kappa shape index (κ1) is 30.2. The van der Waals surface area contributed by atoms with Gasteiger partial charge in [0.15, 0.2) is 0 Å². The number of nitrogens with one attached hydrogen (secondary N) is 3. The molecule has 1 aliphatic carbocycles. The summed E-state index contributed by atoms with van der Waals surface area (Å²) in [7, 11) is 1.84. The van der Waals surface area contributed by atoms with Crippen molar-refractivity contribution in [3.8, 4) is 0 Å². The van der Waals surface area contributed by atoms with Crippen LogP contribution in [-0.2, 0) is 9.59 Å². The van der Waals surface area contributed by atoms with Crippen molar-refractivity contribution in [2.45, 2.75) is 102 Å². The van der Waals surface area contributed by atoms with E-state index >= 15 is 0 Å². The minimum Gasteiger partial charge on any atom is -0.362 e. The van der Waals surface area contributed by atoms with Crippen molar-refractivity contribution in [1.82, 2.24) is 25.8 Å². The lowest BCUT2D eigenvalue weighted by Gasteiger charge is -2.42. The molecule has 39 heavy (non-hydrogen) atoms. The van der Waals surface area contributed by atoms with Crippen LogP contribution in [0, 0.1) is 17.8 Å². The predicted octanol–water partition coefficient (Wildman–Crippen LogP) is 1.79. The average Bonchev–Trinajstić information content (AvgIpc) is 3.11. The van der Waals surface area contributed by atoms with E-state index in [4.69, 9.17) is 11.5 Å². The maximum atomic E-state index is 14.4. The van der Waals surface area contributed by atoms with E-state index in [9.17, 15) is 14.0 Å². The Hall–Kier alpha value is -1.75. The Balaban J connectivity index is 1.57. The van der Waals surface area contributed by atoms with Crippen LogP contribution < -0.4 is 27.4 Å². The zero-order valence-corrected chi connectivity index (χ0v) is 24.1. The molecule has 0 spiro atoms. The standard InChI is InChI=1S/C29H52FN7O2/c1-3-4-8-20-11-12-21(30)16-34-27(20)26(28(31)32)29(39)35-23-17-33-22(19-9-6-5-7-10-19)15-24(23)37-14-13-36(2)25(38)18-37/h19-22,26-28,33-34H,3-18,31-32H2,1-2H3,(H,35,39)/t20-,21?,22?,26?,27+/m1/s1. The molecule has 0 aromatic carbocycles. The summed E-state index contributed by atoms with van der Waals surface area (Å²) in [6, 6.07) is 0.0600. The summed E-state index contributed by atoms with van der Waals surface area (Å²) in [6.45, 7) is 4.63. The number of nitrogens with zero attached hydrogens (tertiary/aromatic N) is 2. The van der Waals surface area contributed by atoms with Crippen molar-refractivity contribution in [3.63, 3.8) is 0 Å². The van der Waals surface area contributed by atoms with Crippen LogP contribution in [0.2, 0.25) is 0 Å². The van der Waals surface area contributed by atoms with Crippen molar-refractivity contribution < 1.29 is 14.0 Å². The maximum absolute atomic E-state index is 14.4. The molecule has 3 aliphatic heterocycles. The van der Waals surface area contributed by atoms with Crippen LogP contribution in [-0.4, -0.2) is 85.8 Å². The third-order valence-electron chi connectivity index (χ3n) is 9.60. The molecule has 10 heteroatoms. The van der Waals surface area contributed by atoms with Gasteiger partial charge in [0.1, 0.15) is 6.17 Å². The molecule has 0 radical (unpaired) electrons. The molecule has 0 bridgehead atoms. The summed E-state index contributed by atoms with van der Waals surface area (Å²) in [6.07, 6.45) is 9.46. The third-order valence-corrected chi connectivity index (χ3v) is 9.60. The number of unbranched alkanes of at least 4 members (excludes halogenated alkanes) is 1. The number of halogens is 1. The molecule has 3 heterocycles. The molecule has 0 aromatic rings. The summed E-state index contributed by atoms with van der Waals surface area (Å²) in [5.74, 6) is -0.0537. The first-order valence-electron chi connectivity index (χ1n) is 15.4. The fourth-order valence-corrected chi connectivity index (χ4v) is 7.16. The van der Waals surface area contributed by atoms with Crippen LogP contribution in [0.25, 0.3) is 0 Å². The van der Waals surface area contributed by atoms with Gasteiger partial charge in [0.05, 0.1) is 24.3 Å². The first-order chi connectivity index (χ1) is 18.8. The van der Waals surface area contributed by atoms with Gasteiger partial charge in [0, 0.05) is 57.4 Å². The number of carbonyl (C=O) groups excluding carboxylic acids is 2. The summed E-state index contributed by atoms with van der Waals surface area (Å²) < 4.78 is 14.4. The molecule has 0 aromatic heterocycles. The highest BCUT2D eigenvalue weighted by Gasteiger charge is 2.40. The van der Waals surface area contributed by atoms with Gasteiger partial charge in [0.25, 0.3) is 0 Å². The predicted molar refractivity (Wildman–Crippen MR) is 152 cm³/mol. The topological polar surface area (TPSA) is 129 Å². The van der Waals surface area contributed by atoms with Crippen LogP contribution in [0.1, 0.15) is 77.6 Å². The number of amides is 2. The van der Waals surface area contributed by atoms with Crippen molar-refractivity contribution in [2.75, 3.05) is 39.8 Å². The van der Waals surface area contributed by atoms with Crippen LogP contribution in [0.5, 0.6) is 0 Å². The van der Waals surface area contributed by atoms with Gasteiger partial charge in [-0.1, -0.05) is 39.0 Å². The Morgan fingerprint density at radius 3 is 2.59 bits per heavy atom. The van der Waals surface area contributed by atoms with Gasteiger partial charge in [0.2, 0.25) is 11.8 Å². The third kappa shape index (κ3) is 7.71. The zero-order valence-electron chi connectivity index (χ0n) is 24.1. The van der Waals surface area contributed by atoms with E-state index in [1.807, 2.05) is 7.05 Å². The summed E-state index contributed by atoms with van der Waals surface area (Å²) in [4.78, 5) is 30.5. The molecule has 3 fully saturated rings. The Labute approximate surface area is 234 Å². The minimum atomic E-state index is -0.930. The molecule has 3 unspecified atom stereocenters. The molecule has 5 atom stereocenters. The lowest BCUT2D eigenvalue weighted by Crippen LogP contribution is -2.59. The smallest absolute Gasteiger partial charge is 0.241 e. The van der Waals surface area contributed by atoms with Gasteiger partial charge in [-0.3, -0.25) is 9.59 Å². The van der Waals surface area contributed by atoms with E-state index in [1.54, 1.807) is 4.90 Å². The van der Waals surface area contributed by atoms with Crippen molar-refractivity contribution >= 4 is 11.8 Å². The molecule has 2 saturated heterocycles. The number of nitrogens with two attached hydrogens (primary N) is 2. The van der Waals surface area contributed by atoms with Crippen molar-refractivity contribution in [1.29, 1.82) is 0 Å². The molecular formula is C29H52FN7O2. The fourth-order valence-electron chi connectivity index (χ4n) is 7.16. The number of alkyl halides is 1. The summed E-state index contributed by atoms with van der Waals surface area (Å²) in [5.41, 5.74) is 14.4. The van der Waals surface area contributed by atoms with Gasteiger partial charge in [-0.05, 0) is 43.9 Å². The van der Waals surface area contributed by atoms with Crippen LogP contribution >= 0.6 is 0 Å². The number of carbonyl (C=O) groups is 2. The molecule has 7 N–H and O–H groups in total. The first-order valence-corrected chi connectivity index (χ1v) is 15.4. The lowest BCUT2D eigenvalue weighted by molar-refractivity contribution is -0.133. The second-order valence-corrected chi connectivity index (χ2v) is 12.4. The number of likely N-dealkylation sites (N-methyl/N-ethyl adjacent to an activating group) is 1. The van der Waals surface area contributed by atoms with Gasteiger partial charge in [-0.2, -0.15) is 0 Å². The molecule has 9 nitrogen and oxygen atoms in total. The normalized spacial score (nSPS) is 30.5. The zero-order chi connectivity index (χ0) is 27.9. The van der Waals surface area contributed by atoms with Crippen molar-refractivity contribution in [3.05, 3.63) is 11.4 Å². The SMILES string of the molecule is CCCC[C@@H]1CCC(F)CN[C@@H]1C(C(=O)NC1=C(N2CCN(C)C(=O)C2)CC(C2CCCCC2)NC1)C(N)N. The Bertz CT molecular complexity index is 863. The Morgan fingerprint density at radius 1 is 1.13 bits per heavy atom. The number of piperazine rings is 1. The number of hydrogen-bond donors (Lipinski definition) is 5. The second kappa shape index (κ2) is 14.2. The summed E-state index contributed by atoms with van der Waals surface area (Å²) >= 11 is 0. The van der Waals surface area contributed by atoms with E-state index < -0.39 is 18.3 Å². The van der Waals surface area contributed by atoms with Gasteiger partial charge >= 0.3 is 0 Å². The number of rotatable bonds is 9. The molecule has 1 saturated carbocycles. The van der Waals surface area contributed by atoms with E-state index in [0.717, 1.165) is 50.0 Å². The Kier molecular flexibility index (Phi) is 11.0. The molecule has 2 amide bonds. The average molecular weight is 550 g/mol. The largest absolute Gasteiger partial charge is 0.362 e. The number of hydrogen-bond acceptors (Lipinski definition) is 7. The highest BCUT2D eigenvalue weighted by atomic mass is 19.1. The quantitative estimate of drug-likeness (QED) is 0.277. The van der Waals surface area contributed by atoms with Gasteiger partial charge in [-0.15, -0.1) is 0 Å². The van der Waals surface area contributed by atoms with E-state index in [1.165, 1.54) is 32.1 Å². The Morgan fingerprint density at radius 2 is 1.90 bits per heavy atom. The molecular weight excluding hydrogens is 497 g/mol. The minimum absolute atomic E-state index is 0.0937. The molecule has 4 aliphatic rings. The van der Waals surface area contributed by atoms with E-state index in [0.29, 0.717) is 38.0 Å². The highest BCUT2D eigenvalue weighted by Crippen LogP contribution is 2.33. The van der Waals surface area contributed by atoms with Crippen LogP contribution in [0.4, 0.5) is 4.39 Å². The van der Waals surface area contributed by atoms with Crippen LogP contribution in [0.15, 0.2) is 11.4 Å². The monoisotopic (exact) mass is 549 g/mol. The second-order valence-electron chi connectivity index (χ2n) is 12.4. The van der Waals surface area contributed by atoms with E-state index in [2.05, 4.69) is 27.8 Å².